The van der Waals surface area contributed by atoms with Crippen LogP contribution in [-0.2, 0) is 0 Å². The number of nitrogens with zero attached hydrogens (tertiary/aromatic N) is 4. The Morgan fingerprint density at radius 2 is 1.66 bits per heavy atom. The SMILES string of the molecule is Cc1ccccc1Nc1cnc(C(=O)N2CCN(C(=O)c3ccco3)CC2)cn1. The molecule has 1 N–H and O–H groups in total. The van der Waals surface area contributed by atoms with Crippen LogP contribution in [0.25, 0.3) is 0 Å². The van der Waals surface area contributed by atoms with Gasteiger partial charge in [-0.2, -0.15) is 0 Å². The molecule has 0 radical (unpaired) electrons. The maximum absolute atomic E-state index is 12.7. The first-order chi connectivity index (χ1) is 14.1. The second-order valence-electron chi connectivity index (χ2n) is 6.79. The van der Waals surface area contributed by atoms with Gasteiger partial charge in [-0.05, 0) is 30.7 Å². The second kappa shape index (κ2) is 8.14. The van der Waals surface area contributed by atoms with Gasteiger partial charge in [0.2, 0.25) is 0 Å². The van der Waals surface area contributed by atoms with Gasteiger partial charge in [0.25, 0.3) is 11.8 Å². The highest BCUT2D eigenvalue weighted by atomic mass is 16.3. The molecule has 148 valence electrons. The summed E-state index contributed by atoms with van der Waals surface area (Å²) in [7, 11) is 0. The molecule has 1 aromatic carbocycles. The molecular weight excluding hydrogens is 370 g/mol. The van der Waals surface area contributed by atoms with E-state index in [1.165, 1.54) is 12.5 Å². The molecule has 8 nitrogen and oxygen atoms in total. The van der Waals surface area contributed by atoms with Crippen molar-refractivity contribution in [3.8, 4) is 0 Å². The van der Waals surface area contributed by atoms with Crippen LogP contribution in [0, 0.1) is 6.92 Å². The molecule has 1 fully saturated rings. The number of nitrogens with one attached hydrogen (secondary N) is 1. The van der Waals surface area contributed by atoms with E-state index in [-0.39, 0.29) is 17.5 Å². The van der Waals surface area contributed by atoms with Crippen LogP contribution < -0.4 is 5.32 Å². The Bertz CT molecular complexity index is 993. The second-order valence-corrected chi connectivity index (χ2v) is 6.79. The van der Waals surface area contributed by atoms with E-state index in [1.807, 2.05) is 31.2 Å². The molecule has 0 bridgehead atoms. The van der Waals surface area contributed by atoms with E-state index >= 15 is 0 Å². The lowest BCUT2D eigenvalue weighted by atomic mass is 10.2. The van der Waals surface area contributed by atoms with Gasteiger partial charge in [-0.1, -0.05) is 18.2 Å². The van der Waals surface area contributed by atoms with E-state index in [0.29, 0.717) is 37.8 Å². The number of para-hydroxylation sites is 1. The van der Waals surface area contributed by atoms with Gasteiger partial charge in [0, 0.05) is 31.9 Å². The smallest absolute Gasteiger partial charge is 0.289 e. The highest BCUT2D eigenvalue weighted by Crippen LogP contribution is 2.18. The first-order valence-electron chi connectivity index (χ1n) is 9.38. The number of piperazine rings is 1. The monoisotopic (exact) mass is 391 g/mol. The van der Waals surface area contributed by atoms with Crippen molar-refractivity contribution in [2.24, 2.45) is 0 Å². The Balaban J connectivity index is 1.35. The van der Waals surface area contributed by atoms with E-state index in [2.05, 4.69) is 15.3 Å². The van der Waals surface area contributed by atoms with Crippen molar-refractivity contribution < 1.29 is 14.0 Å². The average molecular weight is 391 g/mol. The van der Waals surface area contributed by atoms with Gasteiger partial charge in [0.05, 0.1) is 18.7 Å². The summed E-state index contributed by atoms with van der Waals surface area (Å²) in [5, 5.41) is 3.20. The molecule has 1 aliphatic rings. The molecule has 2 amide bonds. The summed E-state index contributed by atoms with van der Waals surface area (Å²) in [5.74, 6) is 0.538. The average Bonchev–Trinajstić information content (AvgIpc) is 3.30. The number of hydrogen-bond donors (Lipinski definition) is 1. The highest BCUT2D eigenvalue weighted by Gasteiger charge is 2.27. The summed E-state index contributed by atoms with van der Waals surface area (Å²) < 4.78 is 5.16. The van der Waals surface area contributed by atoms with Gasteiger partial charge in [0.1, 0.15) is 11.5 Å². The third-order valence-corrected chi connectivity index (χ3v) is 4.86. The number of anilines is 2. The Kier molecular flexibility index (Phi) is 5.24. The van der Waals surface area contributed by atoms with Crippen LogP contribution in [-0.4, -0.2) is 57.8 Å². The molecule has 4 rings (SSSR count). The Labute approximate surface area is 168 Å². The van der Waals surface area contributed by atoms with Crippen molar-refractivity contribution >= 4 is 23.3 Å². The zero-order chi connectivity index (χ0) is 20.2. The van der Waals surface area contributed by atoms with E-state index in [9.17, 15) is 9.59 Å². The first-order valence-corrected chi connectivity index (χ1v) is 9.38. The van der Waals surface area contributed by atoms with Gasteiger partial charge in [-0.15, -0.1) is 0 Å². The van der Waals surface area contributed by atoms with Crippen molar-refractivity contribution in [2.75, 3.05) is 31.5 Å². The summed E-state index contributed by atoms with van der Waals surface area (Å²) in [5.41, 5.74) is 2.32. The summed E-state index contributed by atoms with van der Waals surface area (Å²) in [4.78, 5) is 37.0. The van der Waals surface area contributed by atoms with Gasteiger partial charge in [-0.25, -0.2) is 9.97 Å². The molecule has 8 heteroatoms. The fourth-order valence-corrected chi connectivity index (χ4v) is 3.18. The molecule has 3 heterocycles. The van der Waals surface area contributed by atoms with Crippen LogP contribution in [0.2, 0.25) is 0 Å². The minimum atomic E-state index is -0.190. The van der Waals surface area contributed by atoms with Gasteiger partial charge in [-0.3, -0.25) is 9.59 Å². The van der Waals surface area contributed by atoms with Crippen LogP contribution in [0.15, 0.2) is 59.5 Å². The third-order valence-electron chi connectivity index (χ3n) is 4.86. The molecule has 1 saturated heterocycles. The topological polar surface area (TPSA) is 91.6 Å². The molecule has 1 aliphatic heterocycles. The largest absolute Gasteiger partial charge is 0.459 e. The number of furan rings is 1. The molecule has 0 spiro atoms. The van der Waals surface area contributed by atoms with Crippen LogP contribution in [0.4, 0.5) is 11.5 Å². The number of amides is 2. The summed E-state index contributed by atoms with van der Waals surface area (Å²) in [6.45, 7) is 3.79. The normalized spacial score (nSPS) is 14.0. The minimum Gasteiger partial charge on any atom is -0.459 e. The number of carbonyl (C=O) groups excluding carboxylic acids is 2. The summed E-state index contributed by atoms with van der Waals surface area (Å²) in [6, 6.07) is 11.2. The van der Waals surface area contributed by atoms with E-state index in [1.54, 1.807) is 28.1 Å². The molecule has 3 aromatic rings. The van der Waals surface area contributed by atoms with Crippen LogP contribution in [0.3, 0.4) is 0 Å². The Morgan fingerprint density at radius 3 is 2.28 bits per heavy atom. The quantitative estimate of drug-likeness (QED) is 0.735. The summed E-state index contributed by atoms with van der Waals surface area (Å²) >= 11 is 0. The van der Waals surface area contributed by atoms with Gasteiger partial charge in [0.15, 0.2) is 5.76 Å². The fraction of sp³-hybridized carbons (Fsp3) is 0.238. The van der Waals surface area contributed by atoms with Gasteiger partial charge < -0.3 is 19.5 Å². The molecule has 29 heavy (non-hydrogen) atoms. The molecule has 0 aliphatic carbocycles. The van der Waals surface area contributed by atoms with Crippen molar-refractivity contribution in [1.82, 2.24) is 19.8 Å². The zero-order valence-electron chi connectivity index (χ0n) is 16.0. The van der Waals surface area contributed by atoms with Crippen LogP contribution in [0.5, 0.6) is 0 Å². The number of carbonyl (C=O) groups is 2. The minimum absolute atomic E-state index is 0.159. The van der Waals surface area contributed by atoms with Gasteiger partial charge >= 0.3 is 0 Å². The van der Waals surface area contributed by atoms with Crippen LogP contribution >= 0.6 is 0 Å². The highest BCUT2D eigenvalue weighted by molar-refractivity contribution is 5.93. The standard InChI is InChI=1S/C21H21N5O3/c1-15-5-2-3-6-16(15)24-19-14-22-17(13-23-19)20(27)25-8-10-26(11-9-25)21(28)18-7-4-12-29-18/h2-7,12-14H,8-11H2,1H3,(H,23,24). The molecule has 2 aromatic heterocycles. The predicted octanol–water partition coefficient (Wildman–Crippen LogP) is 2.72. The number of rotatable bonds is 4. The number of aryl methyl sites for hydroxylation is 1. The molecule has 0 saturated carbocycles. The van der Waals surface area contributed by atoms with E-state index in [4.69, 9.17) is 4.42 Å². The third kappa shape index (κ3) is 4.11. The Morgan fingerprint density at radius 1 is 0.931 bits per heavy atom. The van der Waals surface area contributed by atoms with Crippen molar-refractivity contribution in [2.45, 2.75) is 6.92 Å². The fourth-order valence-electron chi connectivity index (χ4n) is 3.18. The Hall–Kier alpha value is -3.68. The molecular formula is C21H21N5O3. The lowest BCUT2D eigenvalue weighted by Gasteiger charge is -2.34. The number of aromatic nitrogens is 2. The van der Waals surface area contributed by atoms with Crippen LogP contribution in [0.1, 0.15) is 26.6 Å². The van der Waals surface area contributed by atoms with E-state index in [0.717, 1.165) is 11.3 Å². The number of hydrogen-bond acceptors (Lipinski definition) is 6. The predicted molar refractivity (Wildman–Crippen MR) is 107 cm³/mol. The van der Waals surface area contributed by atoms with Crippen molar-refractivity contribution in [3.63, 3.8) is 0 Å². The number of benzene rings is 1. The molecule has 0 atom stereocenters. The maximum Gasteiger partial charge on any atom is 0.289 e. The molecule has 0 unspecified atom stereocenters. The lowest BCUT2D eigenvalue weighted by molar-refractivity contribution is 0.0515. The maximum atomic E-state index is 12.7. The first kappa shape index (κ1) is 18.7. The van der Waals surface area contributed by atoms with Crippen molar-refractivity contribution in [3.05, 3.63) is 72.1 Å². The van der Waals surface area contributed by atoms with E-state index < -0.39 is 0 Å². The van der Waals surface area contributed by atoms with Crippen molar-refractivity contribution in [1.29, 1.82) is 0 Å². The summed E-state index contributed by atoms with van der Waals surface area (Å²) in [6.07, 6.45) is 4.50. The lowest BCUT2D eigenvalue weighted by Crippen LogP contribution is -2.50. The zero-order valence-corrected chi connectivity index (χ0v) is 16.0.